The fourth-order valence-corrected chi connectivity index (χ4v) is 1.78. The summed E-state index contributed by atoms with van der Waals surface area (Å²) in [7, 11) is 0. The van der Waals surface area contributed by atoms with Crippen LogP contribution in [0.5, 0.6) is 5.88 Å². The highest BCUT2D eigenvalue weighted by atomic mass is 16.5. The van der Waals surface area contributed by atoms with Gasteiger partial charge in [0, 0.05) is 11.8 Å². The predicted molar refractivity (Wildman–Crippen MR) is 77.9 cm³/mol. The maximum atomic E-state index is 5.53. The van der Waals surface area contributed by atoms with Gasteiger partial charge in [0.15, 0.2) is 0 Å². The first kappa shape index (κ1) is 13.4. The molecule has 0 saturated heterocycles. The van der Waals surface area contributed by atoms with Crippen LogP contribution < -0.4 is 15.8 Å². The average Bonchev–Trinajstić information content (AvgIpc) is 2.42. The van der Waals surface area contributed by atoms with E-state index < -0.39 is 0 Å². The third kappa shape index (κ3) is 3.96. The minimum Gasteiger partial charge on any atom is -0.478 e. The zero-order valence-corrected chi connectivity index (χ0v) is 11.1. The first-order chi connectivity index (χ1) is 9.31. The van der Waals surface area contributed by atoms with E-state index in [1.54, 1.807) is 0 Å². The van der Waals surface area contributed by atoms with E-state index >= 15 is 0 Å². The highest BCUT2D eigenvalue weighted by Crippen LogP contribution is 2.18. The topological polar surface area (TPSA) is 60.2 Å². The molecule has 0 unspecified atom stereocenters. The second-order valence-corrected chi connectivity index (χ2v) is 4.15. The number of benzene rings is 1. The van der Waals surface area contributed by atoms with Gasteiger partial charge in [-0.2, -0.15) is 4.98 Å². The molecule has 3 N–H and O–H groups in total. The average molecular weight is 257 g/mol. The molecule has 1 heterocycles. The molecule has 1 aromatic heterocycles. The van der Waals surface area contributed by atoms with Gasteiger partial charge in [0.05, 0.1) is 6.61 Å². The lowest BCUT2D eigenvalue weighted by Crippen LogP contribution is -2.02. The van der Waals surface area contributed by atoms with E-state index in [0.29, 0.717) is 19.0 Å². The summed E-state index contributed by atoms with van der Waals surface area (Å²) in [5, 5.41) is 3.25. The summed E-state index contributed by atoms with van der Waals surface area (Å²) in [4.78, 5) is 4.36. The van der Waals surface area contributed by atoms with Crippen LogP contribution in [-0.4, -0.2) is 18.1 Å². The van der Waals surface area contributed by atoms with E-state index in [2.05, 4.69) is 22.4 Å². The fraction of sp³-hybridized carbons (Fsp3) is 0.267. The third-order valence-electron chi connectivity index (χ3n) is 2.68. The van der Waals surface area contributed by atoms with Crippen LogP contribution in [0, 0.1) is 0 Å². The second-order valence-electron chi connectivity index (χ2n) is 4.15. The highest BCUT2D eigenvalue weighted by molar-refractivity contribution is 5.56. The van der Waals surface area contributed by atoms with E-state index in [-0.39, 0.29) is 0 Å². The molecule has 4 heteroatoms. The van der Waals surface area contributed by atoms with E-state index in [4.69, 9.17) is 10.5 Å². The number of hydrogen-bond donors (Lipinski definition) is 2. The molecule has 19 heavy (non-hydrogen) atoms. The molecule has 0 spiro atoms. The first-order valence-electron chi connectivity index (χ1n) is 6.47. The molecule has 0 saturated carbocycles. The Morgan fingerprint density at radius 3 is 2.63 bits per heavy atom. The Labute approximate surface area is 113 Å². The van der Waals surface area contributed by atoms with Crippen molar-refractivity contribution in [2.45, 2.75) is 13.3 Å². The number of ether oxygens (including phenoxy) is 1. The van der Waals surface area contributed by atoms with Crippen LogP contribution in [0.15, 0.2) is 42.5 Å². The molecule has 0 atom stereocenters. The Kier molecular flexibility index (Phi) is 4.75. The number of aromatic nitrogens is 1. The molecule has 2 aromatic rings. The van der Waals surface area contributed by atoms with Crippen molar-refractivity contribution in [1.29, 1.82) is 0 Å². The molecular weight excluding hydrogens is 238 g/mol. The Bertz CT molecular complexity index is 511. The SMILES string of the molecule is CCOc1cccc(Nc2ccc(CCN)cc2)n1. The fourth-order valence-electron chi connectivity index (χ4n) is 1.78. The van der Waals surface area contributed by atoms with Gasteiger partial charge in [0.25, 0.3) is 0 Å². The molecule has 0 aliphatic heterocycles. The number of nitrogens with zero attached hydrogens (tertiary/aromatic N) is 1. The van der Waals surface area contributed by atoms with E-state index in [9.17, 15) is 0 Å². The molecule has 2 rings (SSSR count). The minimum absolute atomic E-state index is 0.615. The van der Waals surface area contributed by atoms with Crippen LogP contribution in [0.3, 0.4) is 0 Å². The summed E-state index contributed by atoms with van der Waals surface area (Å²) >= 11 is 0. The van der Waals surface area contributed by atoms with Crippen LogP contribution in [0.2, 0.25) is 0 Å². The van der Waals surface area contributed by atoms with Crippen LogP contribution in [0.25, 0.3) is 0 Å². The van der Waals surface area contributed by atoms with Gasteiger partial charge in [0.2, 0.25) is 5.88 Å². The molecular formula is C15H19N3O. The van der Waals surface area contributed by atoms with Crippen molar-refractivity contribution < 1.29 is 4.74 Å². The van der Waals surface area contributed by atoms with Crippen molar-refractivity contribution in [3.05, 3.63) is 48.0 Å². The van der Waals surface area contributed by atoms with Gasteiger partial charge < -0.3 is 15.8 Å². The smallest absolute Gasteiger partial charge is 0.215 e. The number of rotatable bonds is 6. The lowest BCUT2D eigenvalue weighted by Gasteiger charge is -2.08. The third-order valence-corrected chi connectivity index (χ3v) is 2.68. The summed E-state index contributed by atoms with van der Waals surface area (Å²) in [6, 6.07) is 13.9. The molecule has 0 aliphatic rings. The van der Waals surface area contributed by atoms with E-state index in [1.165, 1.54) is 5.56 Å². The van der Waals surface area contributed by atoms with Crippen molar-refractivity contribution in [3.8, 4) is 5.88 Å². The summed E-state index contributed by atoms with van der Waals surface area (Å²) in [5.41, 5.74) is 7.77. The normalized spacial score (nSPS) is 10.2. The van der Waals surface area contributed by atoms with Gasteiger partial charge in [-0.15, -0.1) is 0 Å². The quantitative estimate of drug-likeness (QED) is 0.835. The van der Waals surface area contributed by atoms with Gasteiger partial charge in [-0.05, 0) is 43.7 Å². The molecule has 4 nitrogen and oxygen atoms in total. The summed E-state index contributed by atoms with van der Waals surface area (Å²) in [6.45, 7) is 3.23. The minimum atomic E-state index is 0.615. The summed E-state index contributed by atoms with van der Waals surface area (Å²) in [5.74, 6) is 1.41. The molecule has 0 amide bonds. The maximum Gasteiger partial charge on any atom is 0.215 e. The molecule has 0 fully saturated rings. The van der Waals surface area contributed by atoms with Crippen molar-refractivity contribution >= 4 is 11.5 Å². The number of nitrogens with two attached hydrogens (primary N) is 1. The monoisotopic (exact) mass is 257 g/mol. The zero-order chi connectivity index (χ0) is 13.5. The summed E-state index contributed by atoms with van der Waals surface area (Å²) < 4.78 is 5.37. The number of anilines is 2. The van der Waals surface area contributed by atoms with E-state index in [0.717, 1.165) is 17.9 Å². The second kappa shape index (κ2) is 6.75. The van der Waals surface area contributed by atoms with Gasteiger partial charge in [-0.3, -0.25) is 0 Å². The van der Waals surface area contributed by atoms with Crippen LogP contribution in [0.4, 0.5) is 11.5 Å². The Morgan fingerprint density at radius 2 is 1.95 bits per heavy atom. The molecule has 0 radical (unpaired) electrons. The first-order valence-corrected chi connectivity index (χ1v) is 6.47. The molecule has 1 aromatic carbocycles. The van der Waals surface area contributed by atoms with Crippen LogP contribution in [-0.2, 0) is 6.42 Å². The van der Waals surface area contributed by atoms with Gasteiger partial charge in [0.1, 0.15) is 5.82 Å². The lowest BCUT2D eigenvalue weighted by molar-refractivity contribution is 0.327. The summed E-state index contributed by atoms with van der Waals surface area (Å²) in [6.07, 6.45) is 0.901. The van der Waals surface area contributed by atoms with Gasteiger partial charge in [-0.1, -0.05) is 18.2 Å². The zero-order valence-electron chi connectivity index (χ0n) is 11.1. The van der Waals surface area contributed by atoms with Gasteiger partial charge >= 0.3 is 0 Å². The van der Waals surface area contributed by atoms with Crippen LogP contribution in [0.1, 0.15) is 12.5 Å². The number of pyridine rings is 1. The Balaban J connectivity index is 2.05. The maximum absolute atomic E-state index is 5.53. The van der Waals surface area contributed by atoms with Crippen molar-refractivity contribution in [2.24, 2.45) is 5.73 Å². The standard InChI is InChI=1S/C15H19N3O/c1-2-19-15-5-3-4-14(18-15)17-13-8-6-12(7-9-13)10-11-16/h3-9H,2,10-11,16H2,1H3,(H,17,18). The van der Waals surface area contributed by atoms with Crippen molar-refractivity contribution in [3.63, 3.8) is 0 Å². The van der Waals surface area contributed by atoms with E-state index in [1.807, 2.05) is 37.3 Å². The number of nitrogens with one attached hydrogen (secondary N) is 1. The Hall–Kier alpha value is -2.07. The van der Waals surface area contributed by atoms with Crippen molar-refractivity contribution in [1.82, 2.24) is 4.98 Å². The Morgan fingerprint density at radius 1 is 1.16 bits per heavy atom. The van der Waals surface area contributed by atoms with Gasteiger partial charge in [-0.25, -0.2) is 0 Å². The number of hydrogen-bond acceptors (Lipinski definition) is 4. The molecule has 100 valence electrons. The molecule has 0 bridgehead atoms. The lowest BCUT2D eigenvalue weighted by atomic mass is 10.1. The van der Waals surface area contributed by atoms with Crippen LogP contribution >= 0.6 is 0 Å². The predicted octanol–water partition coefficient (Wildman–Crippen LogP) is 2.73. The molecule has 0 aliphatic carbocycles. The highest BCUT2D eigenvalue weighted by Gasteiger charge is 1.99. The largest absolute Gasteiger partial charge is 0.478 e. The van der Waals surface area contributed by atoms with Crippen molar-refractivity contribution in [2.75, 3.05) is 18.5 Å².